The predicted molar refractivity (Wildman–Crippen MR) is 287 cm³/mol. The summed E-state index contributed by atoms with van der Waals surface area (Å²) in [4.78, 5) is 24.4. The van der Waals surface area contributed by atoms with Gasteiger partial charge in [0.2, 0.25) is 5.97 Å². The van der Waals surface area contributed by atoms with Gasteiger partial charge in [0.1, 0.15) is 0 Å². The number of carbonyl (C=O) groups is 1. The fourth-order valence-corrected chi connectivity index (χ4v) is 8.72. The number of aliphatic carboxylic acids is 1. The van der Waals surface area contributed by atoms with Crippen molar-refractivity contribution < 1.29 is 30.0 Å². The second kappa shape index (κ2) is 25.0. The summed E-state index contributed by atoms with van der Waals surface area (Å²) in [6.45, 7) is 11.2. The quantitative estimate of drug-likeness (QED) is 0.0818. The van der Waals surface area contributed by atoms with Crippen LogP contribution in [0.2, 0.25) is 0 Å². The topological polar surface area (TPSA) is 76.0 Å². The second-order valence-corrected chi connectivity index (χ2v) is 18.4. The molecule has 1 N–H and O–H groups in total. The molecule has 71 heavy (non-hydrogen) atoms. The summed E-state index contributed by atoms with van der Waals surface area (Å²) < 4.78 is 0. The van der Waals surface area contributed by atoms with Gasteiger partial charge in [-0.25, -0.2) is 0 Å². The molecule has 3 aromatic heterocycles. The summed E-state index contributed by atoms with van der Waals surface area (Å²) in [5.74, 6) is -0.0845. The summed E-state index contributed by atoms with van der Waals surface area (Å²) in [7, 11) is 0. The maximum absolute atomic E-state index is 10.1. The zero-order chi connectivity index (χ0) is 48.8. The van der Waals surface area contributed by atoms with Crippen molar-refractivity contribution in [2.45, 2.75) is 72.1 Å². The van der Waals surface area contributed by atoms with Gasteiger partial charge in [-0.3, -0.25) is 9.97 Å². The summed E-state index contributed by atoms with van der Waals surface area (Å²) >= 11 is 0. The van der Waals surface area contributed by atoms with Gasteiger partial charge in [0.15, 0.2) is 0 Å². The first-order chi connectivity index (χ1) is 34.1. The van der Waals surface area contributed by atoms with Crippen molar-refractivity contribution in [3.63, 3.8) is 0 Å². The van der Waals surface area contributed by atoms with Crippen LogP contribution in [-0.4, -0.2) is 26.0 Å². The molecule has 9 rings (SSSR count). The monoisotopic (exact) mass is 1110 g/mol. The van der Waals surface area contributed by atoms with Gasteiger partial charge in [-0.1, -0.05) is 149 Å². The van der Waals surface area contributed by atoms with Crippen LogP contribution in [0.25, 0.3) is 55.8 Å². The van der Waals surface area contributed by atoms with Crippen LogP contribution < -0.4 is 0 Å². The standard InChI is InChI=1S/C56H52N3.C9H7O2.Ir/c1-38(2)49-30-43(33-57-35-49)22-20-41-27-42(21-23-44-31-50(39(3)4)36-58-34-44)29-48(28-41)52-18-12-13-19-53(52)55-37-59-56(46-16-10-7-11-17-46)32-54(55)51-25-24-47(26-40(51)5)45-14-8-6-9-15-45;10-9(11)7-6-8-4-2-1-3-5-8;/h6-16,18-19,24-39H,20-23H2,1-5H3;1-5,7H,(H,10,11);/q2*-1;. The third-order valence-electron chi connectivity index (χ3n) is 12.6. The van der Waals surface area contributed by atoms with E-state index in [0.29, 0.717) is 11.8 Å². The molecule has 0 fully saturated rings. The normalized spacial score (nSPS) is 11.0. The molecule has 9 aromatic rings. The number of nitrogens with zero attached hydrogens (tertiary/aromatic N) is 3. The van der Waals surface area contributed by atoms with E-state index in [2.05, 4.69) is 184 Å². The smallest absolute Gasteiger partial charge is 0.249 e. The average Bonchev–Trinajstić information content (AvgIpc) is 3.40. The molecule has 0 bridgehead atoms. The van der Waals surface area contributed by atoms with Crippen LogP contribution in [0, 0.1) is 19.1 Å². The Morgan fingerprint density at radius 1 is 0.535 bits per heavy atom. The van der Waals surface area contributed by atoms with E-state index in [1.54, 1.807) is 12.1 Å². The van der Waals surface area contributed by atoms with Crippen molar-refractivity contribution in [3.8, 4) is 55.8 Å². The van der Waals surface area contributed by atoms with E-state index in [1.807, 2.05) is 55.1 Å². The van der Waals surface area contributed by atoms with Crippen LogP contribution in [0.15, 0.2) is 201 Å². The second-order valence-electron chi connectivity index (χ2n) is 18.4. The van der Waals surface area contributed by atoms with Gasteiger partial charge in [0.25, 0.3) is 0 Å². The Morgan fingerprint density at radius 2 is 1.11 bits per heavy atom. The van der Waals surface area contributed by atoms with Crippen molar-refractivity contribution in [3.05, 3.63) is 258 Å². The largest absolute Gasteiger partial charge is 0.521 e. The molecule has 6 heteroatoms. The number of benzene rings is 6. The van der Waals surface area contributed by atoms with E-state index in [4.69, 9.17) is 10.1 Å². The zero-order valence-electron chi connectivity index (χ0n) is 41.1. The predicted octanol–water partition coefficient (Wildman–Crippen LogP) is 15.6. The summed E-state index contributed by atoms with van der Waals surface area (Å²) in [5, 5.41) is 8.26. The number of hydrogen-bond donors (Lipinski definition) is 1. The number of aryl methyl sites for hydroxylation is 5. The van der Waals surface area contributed by atoms with E-state index >= 15 is 0 Å². The van der Waals surface area contributed by atoms with Gasteiger partial charge in [-0.15, -0.1) is 71.8 Å². The van der Waals surface area contributed by atoms with E-state index in [1.165, 1.54) is 66.8 Å². The van der Waals surface area contributed by atoms with Crippen molar-refractivity contribution in [1.82, 2.24) is 15.0 Å². The molecular formula is C65H59IrN3O2-2. The molecule has 3 heterocycles. The SMILES string of the molecule is Cc1cc(-c2ccccc2)ccc1-c1cc(-c2[c-]cccc2)ncc1-c1ccccc1-c1cc(CCc2cncc(C(C)C)c2)cc(CCc2cncc(C(C)C)c2)c1.O=C(O)C=[C-]c1ccccc1.[Ir]. The maximum Gasteiger partial charge on any atom is 0.249 e. The third-order valence-corrected chi connectivity index (χ3v) is 12.6. The number of aromatic nitrogens is 3. The minimum atomic E-state index is -0.978. The van der Waals surface area contributed by atoms with Crippen LogP contribution in [0.5, 0.6) is 0 Å². The number of carboxylic acid groups (broad SMARTS) is 1. The molecule has 0 aliphatic rings. The Labute approximate surface area is 433 Å². The molecule has 0 unspecified atom stereocenters. The molecule has 6 aromatic carbocycles. The van der Waals surface area contributed by atoms with Crippen molar-refractivity contribution in [2.24, 2.45) is 0 Å². The molecule has 0 aliphatic carbocycles. The van der Waals surface area contributed by atoms with Crippen LogP contribution >= 0.6 is 0 Å². The molecule has 5 nitrogen and oxygen atoms in total. The van der Waals surface area contributed by atoms with Crippen molar-refractivity contribution >= 4 is 5.97 Å². The molecule has 0 aliphatic heterocycles. The third kappa shape index (κ3) is 13.9. The van der Waals surface area contributed by atoms with E-state index < -0.39 is 5.97 Å². The summed E-state index contributed by atoms with van der Waals surface area (Å²) in [5.41, 5.74) is 21.1. The minimum Gasteiger partial charge on any atom is -0.521 e. The number of carboxylic acids is 1. The first kappa shape index (κ1) is 51.5. The van der Waals surface area contributed by atoms with Crippen molar-refractivity contribution in [1.29, 1.82) is 0 Å². The number of pyridine rings is 3. The number of rotatable bonds is 15. The molecule has 0 spiro atoms. The Morgan fingerprint density at radius 3 is 1.69 bits per heavy atom. The van der Waals surface area contributed by atoms with Gasteiger partial charge in [-0.05, 0) is 128 Å². The Balaban J connectivity index is 0.000000547. The van der Waals surface area contributed by atoms with Gasteiger partial charge in [0, 0.05) is 56.7 Å². The van der Waals surface area contributed by atoms with Crippen LogP contribution in [-0.2, 0) is 50.6 Å². The summed E-state index contributed by atoms with van der Waals surface area (Å²) in [6, 6.07) is 61.1. The molecule has 0 saturated carbocycles. The number of hydrogen-bond acceptors (Lipinski definition) is 4. The van der Waals surface area contributed by atoms with Gasteiger partial charge < -0.3 is 14.9 Å². The molecule has 0 saturated heterocycles. The Hall–Kier alpha value is -7.37. The van der Waals surface area contributed by atoms with Gasteiger partial charge in [0.05, 0.1) is 0 Å². The maximum atomic E-state index is 10.1. The Bertz CT molecular complexity index is 3130. The summed E-state index contributed by atoms with van der Waals surface area (Å²) in [6.07, 6.45) is 17.5. The van der Waals surface area contributed by atoms with Gasteiger partial charge in [-0.2, -0.15) is 0 Å². The minimum absolute atomic E-state index is 0. The molecule has 1 radical (unpaired) electrons. The molecule has 0 amide bonds. The van der Waals surface area contributed by atoms with E-state index in [9.17, 15) is 4.79 Å². The van der Waals surface area contributed by atoms with Crippen LogP contribution in [0.3, 0.4) is 0 Å². The van der Waals surface area contributed by atoms with E-state index in [-0.39, 0.29) is 20.1 Å². The molecule has 0 atom stereocenters. The van der Waals surface area contributed by atoms with Gasteiger partial charge >= 0.3 is 0 Å². The molecule has 357 valence electrons. The molecular weight excluding hydrogens is 1050 g/mol. The fourth-order valence-electron chi connectivity index (χ4n) is 8.72. The Kier molecular flexibility index (Phi) is 18.1. The fraction of sp³-hybridized carbons (Fsp3) is 0.169. The first-order valence-corrected chi connectivity index (χ1v) is 24.2. The zero-order valence-corrected chi connectivity index (χ0v) is 43.5. The van der Waals surface area contributed by atoms with Crippen LogP contribution in [0.1, 0.15) is 84.0 Å². The van der Waals surface area contributed by atoms with Crippen LogP contribution in [0.4, 0.5) is 0 Å². The van der Waals surface area contributed by atoms with Crippen molar-refractivity contribution in [2.75, 3.05) is 0 Å². The average molecular weight is 1110 g/mol. The van der Waals surface area contributed by atoms with E-state index in [0.717, 1.165) is 65.3 Å². The first-order valence-electron chi connectivity index (χ1n) is 24.2.